The molecule has 0 fully saturated rings. The smallest absolute Gasteiger partial charge is 0.322 e. The average molecular weight is 335 g/mol. The molecule has 0 saturated carbocycles. The monoisotopic (exact) mass is 334 g/mol. The zero-order chi connectivity index (χ0) is 16.2. The van der Waals surface area contributed by atoms with E-state index in [0.29, 0.717) is 18.8 Å². The maximum Gasteiger partial charge on any atom is 0.322 e. The van der Waals surface area contributed by atoms with E-state index < -0.39 is 5.82 Å². The summed E-state index contributed by atoms with van der Waals surface area (Å²) in [5, 5.41) is 3.02. The highest BCUT2D eigenvalue weighted by Crippen LogP contribution is 2.27. The molecule has 2 amide bonds. The molecule has 2 aromatic rings. The van der Waals surface area contributed by atoms with E-state index in [2.05, 4.69) is 5.32 Å². The van der Waals surface area contributed by atoms with Gasteiger partial charge in [-0.3, -0.25) is 4.90 Å². The van der Waals surface area contributed by atoms with Gasteiger partial charge in [-0.25, -0.2) is 9.18 Å². The molecule has 0 aromatic heterocycles. The van der Waals surface area contributed by atoms with E-state index in [-0.39, 0.29) is 17.7 Å². The second-order valence-corrected chi connectivity index (χ2v) is 5.59. The molecule has 120 valence electrons. The highest BCUT2D eigenvalue weighted by molar-refractivity contribution is 6.32. The van der Waals surface area contributed by atoms with E-state index >= 15 is 0 Å². The van der Waals surface area contributed by atoms with E-state index in [0.717, 1.165) is 12.1 Å². The molecule has 0 radical (unpaired) electrons. The van der Waals surface area contributed by atoms with Crippen LogP contribution in [0.25, 0.3) is 0 Å². The Hall–Kier alpha value is -2.27. The molecule has 0 bridgehead atoms. The molecular formula is C17H16ClFN2O2. The second-order valence-electron chi connectivity index (χ2n) is 5.19. The Morgan fingerprint density at radius 2 is 2.13 bits per heavy atom. The normalized spacial score (nSPS) is 12.9. The number of para-hydroxylation sites is 1. The van der Waals surface area contributed by atoms with Gasteiger partial charge in [-0.1, -0.05) is 29.8 Å². The van der Waals surface area contributed by atoms with Crippen molar-refractivity contribution < 1.29 is 13.9 Å². The van der Waals surface area contributed by atoms with Crippen molar-refractivity contribution in [3.63, 3.8) is 0 Å². The summed E-state index contributed by atoms with van der Waals surface area (Å²) in [6, 6.07) is 11.7. The van der Waals surface area contributed by atoms with Crippen LogP contribution in [0.1, 0.15) is 5.56 Å². The van der Waals surface area contributed by atoms with Crippen LogP contribution in [0.5, 0.6) is 5.75 Å². The lowest BCUT2D eigenvalue weighted by Crippen LogP contribution is -2.40. The van der Waals surface area contributed by atoms with Crippen molar-refractivity contribution in [1.29, 1.82) is 0 Å². The Kier molecular flexibility index (Phi) is 4.67. The topological polar surface area (TPSA) is 41.6 Å². The van der Waals surface area contributed by atoms with Crippen LogP contribution in [0.4, 0.5) is 14.9 Å². The number of fused-ring (bicyclic) bond motifs is 1. The summed E-state index contributed by atoms with van der Waals surface area (Å²) in [6.07, 6.45) is 0.866. The fourth-order valence-corrected chi connectivity index (χ4v) is 2.78. The van der Waals surface area contributed by atoms with Crippen molar-refractivity contribution in [3.8, 4) is 5.75 Å². The predicted octanol–water partition coefficient (Wildman–Crippen LogP) is 3.63. The van der Waals surface area contributed by atoms with Crippen LogP contribution >= 0.6 is 11.6 Å². The standard InChI is InChI=1S/C17H16ClFN2O2/c18-14-11-13(19)5-6-16(14)23-10-8-20-17(22)21-9-7-12-3-1-2-4-15(12)21/h1-6,11H,7-10H2,(H,20,22). The molecule has 1 N–H and O–H groups in total. The summed E-state index contributed by atoms with van der Waals surface area (Å²) in [7, 11) is 0. The largest absolute Gasteiger partial charge is 0.490 e. The Morgan fingerprint density at radius 1 is 1.30 bits per heavy atom. The lowest BCUT2D eigenvalue weighted by molar-refractivity contribution is 0.242. The van der Waals surface area contributed by atoms with Gasteiger partial charge in [-0.15, -0.1) is 0 Å². The highest BCUT2D eigenvalue weighted by atomic mass is 35.5. The van der Waals surface area contributed by atoms with Gasteiger partial charge in [-0.05, 0) is 36.2 Å². The first-order valence-electron chi connectivity index (χ1n) is 7.36. The number of carbonyl (C=O) groups is 1. The summed E-state index contributed by atoms with van der Waals surface area (Å²) in [5.41, 5.74) is 2.13. The van der Waals surface area contributed by atoms with E-state index in [1.807, 2.05) is 24.3 Å². The molecule has 1 heterocycles. The van der Waals surface area contributed by atoms with Gasteiger partial charge >= 0.3 is 6.03 Å². The summed E-state index contributed by atoms with van der Waals surface area (Å²) in [6.45, 7) is 1.27. The molecule has 0 unspecified atom stereocenters. The van der Waals surface area contributed by atoms with Gasteiger partial charge in [0.25, 0.3) is 0 Å². The molecule has 1 aliphatic heterocycles. The molecule has 3 rings (SSSR count). The van der Waals surface area contributed by atoms with Gasteiger partial charge in [0.2, 0.25) is 0 Å². The molecule has 4 nitrogen and oxygen atoms in total. The minimum Gasteiger partial charge on any atom is -0.490 e. The number of halogens is 2. The maximum absolute atomic E-state index is 12.9. The Labute approximate surface area is 138 Å². The summed E-state index contributed by atoms with van der Waals surface area (Å²) >= 11 is 5.87. The molecule has 1 aliphatic rings. The van der Waals surface area contributed by atoms with Crippen LogP contribution in [0.3, 0.4) is 0 Å². The van der Waals surface area contributed by atoms with Crippen LogP contribution in [0, 0.1) is 5.82 Å². The fourth-order valence-electron chi connectivity index (χ4n) is 2.56. The van der Waals surface area contributed by atoms with Gasteiger partial charge in [0.05, 0.1) is 11.6 Å². The van der Waals surface area contributed by atoms with Crippen molar-refractivity contribution in [2.75, 3.05) is 24.6 Å². The molecule has 2 aromatic carbocycles. The van der Waals surface area contributed by atoms with Gasteiger partial charge in [0.15, 0.2) is 0 Å². The number of amides is 2. The first kappa shape index (κ1) is 15.6. The van der Waals surface area contributed by atoms with Crippen molar-refractivity contribution in [1.82, 2.24) is 5.32 Å². The lowest BCUT2D eigenvalue weighted by Gasteiger charge is -2.18. The zero-order valence-electron chi connectivity index (χ0n) is 12.4. The number of benzene rings is 2. The number of rotatable bonds is 4. The van der Waals surface area contributed by atoms with Gasteiger partial charge in [-0.2, -0.15) is 0 Å². The number of hydrogen-bond acceptors (Lipinski definition) is 2. The number of anilines is 1. The third-order valence-electron chi connectivity index (χ3n) is 3.66. The minimum absolute atomic E-state index is 0.149. The molecule has 6 heteroatoms. The van der Waals surface area contributed by atoms with E-state index in [4.69, 9.17) is 16.3 Å². The number of urea groups is 1. The van der Waals surface area contributed by atoms with Crippen molar-refractivity contribution in [3.05, 3.63) is 58.9 Å². The SMILES string of the molecule is O=C(NCCOc1ccc(F)cc1Cl)N1CCc2ccccc21. The fraction of sp³-hybridized carbons (Fsp3) is 0.235. The Morgan fingerprint density at radius 3 is 2.96 bits per heavy atom. The minimum atomic E-state index is -0.414. The number of nitrogens with one attached hydrogen (secondary N) is 1. The average Bonchev–Trinajstić information content (AvgIpc) is 2.97. The van der Waals surface area contributed by atoms with E-state index in [9.17, 15) is 9.18 Å². The number of hydrogen-bond donors (Lipinski definition) is 1. The van der Waals surface area contributed by atoms with E-state index in [1.54, 1.807) is 4.90 Å². The zero-order valence-corrected chi connectivity index (χ0v) is 13.1. The first-order chi connectivity index (χ1) is 11.1. The quantitative estimate of drug-likeness (QED) is 0.867. The highest BCUT2D eigenvalue weighted by Gasteiger charge is 2.23. The van der Waals surface area contributed by atoms with Crippen LogP contribution in [-0.4, -0.2) is 25.7 Å². The molecular weight excluding hydrogens is 319 g/mol. The molecule has 0 atom stereocenters. The molecule has 0 spiro atoms. The Bertz CT molecular complexity index is 723. The summed E-state index contributed by atoms with van der Waals surface area (Å²) in [5.74, 6) is -0.0165. The number of ether oxygens (including phenoxy) is 1. The van der Waals surface area contributed by atoms with Crippen LogP contribution in [0.2, 0.25) is 5.02 Å². The lowest BCUT2D eigenvalue weighted by atomic mass is 10.2. The third kappa shape index (κ3) is 3.56. The number of nitrogens with zero attached hydrogens (tertiary/aromatic N) is 1. The summed E-state index contributed by atoms with van der Waals surface area (Å²) < 4.78 is 18.4. The van der Waals surface area contributed by atoms with Crippen molar-refractivity contribution in [2.24, 2.45) is 0 Å². The van der Waals surface area contributed by atoms with Gasteiger partial charge < -0.3 is 10.1 Å². The van der Waals surface area contributed by atoms with E-state index in [1.165, 1.54) is 23.8 Å². The van der Waals surface area contributed by atoms with Gasteiger partial charge in [0.1, 0.15) is 18.2 Å². The van der Waals surface area contributed by atoms with Crippen molar-refractivity contribution in [2.45, 2.75) is 6.42 Å². The second kappa shape index (κ2) is 6.87. The van der Waals surface area contributed by atoms with Crippen LogP contribution < -0.4 is 15.0 Å². The van der Waals surface area contributed by atoms with Crippen LogP contribution in [-0.2, 0) is 6.42 Å². The predicted molar refractivity (Wildman–Crippen MR) is 87.8 cm³/mol. The summed E-state index contributed by atoms with van der Waals surface area (Å²) in [4.78, 5) is 13.9. The maximum atomic E-state index is 12.9. The number of carbonyl (C=O) groups excluding carboxylic acids is 1. The Balaban J connectivity index is 1.49. The molecule has 0 saturated heterocycles. The first-order valence-corrected chi connectivity index (χ1v) is 7.74. The molecule has 23 heavy (non-hydrogen) atoms. The van der Waals surface area contributed by atoms with Crippen molar-refractivity contribution >= 4 is 23.3 Å². The van der Waals surface area contributed by atoms with Gasteiger partial charge in [0, 0.05) is 12.2 Å². The third-order valence-corrected chi connectivity index (χ3v) is 3.96. The molecule has 0 aliphatic carbocycles. The van der Waals surface area contributed by atoms with Crippen LogP contribution in [0.15, 0.2) is 42.5 Å².